The summed E-state index contributed by atoms with van der Waals surface area (Å²) in [6.07, 6.45) is 3.37. The lowest BCUT2D eigenvalue weighted by Gasteiger charge is -2.33. The van der Waals surface area contributed by atoms with Crippen LogP contribution in [0.2, 0.25) is 0 Å². The normalized spacial score (nSPS) is 15.4. The highest BCUT2D eigenvalue weighted by atomic mass is 16.6. The summed E-state index contributed by atoms with van der Waals surface area (Å²) in [7, 11) is 0. The second kappa shape index (κ2) is 6.64. The molecule has 0 aliphatic carbocycles. The molecule has 2 aromatic rings. The van der Waals surface area contributed by atoms with Gasteiger partial charge in [-0.05, 0) is 43.5 Å². The molecule has 6 heteroatoms. The van der Waals surface area contributed by atoms with E-state index in [0.717, 1.165) is 37.4 Å². The van der Waals surface area contributed by atoms with E-state index in [2.05, 4.69) is 46.4 Å². The molecule has 0 amide bonds. The van der Waals surface area contributed by atoms with Crippen molar-refractivity contribution in [3.05, 3.63) is 58.3 Å². The number of aromatic nitrogens is 1. The number of benzene rings is 1. The van der Waals surface area contributed by atoms with Crippen LogP contribution in [-0.4, -0.2) is 29.0 Å². The van der Waals surface area contributed by atoms with Gasteiger partial charge < -0.3 is 10.2 Å². The van der Waals surface area contributed by atoms with E-state index in [4.69, 9.17) is 0 Å². The van der Waals surface area contributed by atoms with Crippen molar-refractivity contribution in [2.75, 3.05) is 23.3 Å². The van der Waals surface area contributed by atoms with Gasteiger partial charge in [-0.2, -0.15) is 0 Å². The lowest BCUT2D eigenvalue weighted by molar-refractivity contribution is -0.385. The predicted octanol–water partition coefficient (Wildman–Crippen LogP) is 3.38. The molecule has 1 aromatic heterocycles. The number of rotatable bonds is 4. The monoisotopic (exact) mass is 312 g/mol. The van der Waals surface area contributed by atoms with Crippen LogP contribution in [0.3, 0.4) is 0 Å². The highest BCUT2D eigenvalue weighted by Crippen LogP contribution is 2.22. The fourth-order valence-corrected chi connectivity index (χ4v) is 2.90. The molecule has 6 nitrogen and oxygen atoms in total. The Kier molecular flexibility index (Phi) is 4.41. The Morgan fingerprint density at radius 2 is 2.04 bits per heavy atom. The smallest absolute Gasteiger partial charge is 0.287 e. The van der Waals surface area contributed by atoms with Crippen molar-refractivity contribution < 1.29 is 4.92 Å². The Labute approximate surface area is 135 Å². The maximum Gasteiger partial charge on any atom is 0.287 e. The minimum absolute atomic E-state index is 0.0322. The van der Waals surface area contributed by atoms with Gasteiger partial charge in [-0.25, -0.2) is 4.98 Å². The number of pyridine rings is 1. The van der Waals surface area contributed by atoms with Crippen LogP contribution >= 0.6 is 0 Å². The molecular weight excluding hydrogens is 292 g/mol. The van der Waals surface area contributed by atoms with Gasteiger partial charge in [0, 0.05) is 30.9 Å². The molecule has 1 aliphatic heterocycles. The van der Waals surface area contributed by atoms with Crippen molar-refractivity contribution >= 4 is 17.2 Å². The van der Waals surface area contributed by atoms with Crippen LogP contribution in [0.25, 0.3) is 0 Å². The molecule has 120 valence electrons. The first-order valence-corrected chi connectivity index (χ1v) is 7.80. The Morgan fingerprint density at radius 3 is 2.65 bits per heavy atom. The van der Waals surface area contributed by atoms with Crippen molar-refractivity contribution in [1.82, 2.24) is 4.98 Å². The Hall–Kier alpha value is -2.63. The molecule has 1 saturated heterocycles. The Balaban J connectivity index is 1.56. The first kappa shape index (κ1) is 15.3. The first-order chi connectivity index (χ1) is 11.1. The van der Waals surface area contributed by atoms with Crippen LogP contribution < -0.4 is 10.2 Å². The van der Waals surface area contributed by atoms with E-state index >= 15 is 0 Å². The summed E-state index contributed by atoms with van der Waals surface area (Å²) in [5.74, 6) is 0.810. The maximum atomic E-state index is 10.7. The molecule has 0 bridgehead atoms. The third-order valence-corrected chi connectivity index (χ3v) is 4.15. The molecule has 1 aromatic carbocycles. The van der Waals surface area contributed by atoms with E-state index in [-0.39, 0.29) is 5.69 Å². The molecule has 1 aliphatic rings. The SMILES string of the molecule is Cc1cccc(NC2CCN(c3ccc([N+](=O)[O-])cn3)CC2)c1. The predicted molar refractivity (Wildman–Crippen MR) is 90.9 cm³/mol. The van der Waals surface area contributed by atoms with Crippen molar-refractivity contribution in [3.8, 4) is 0 Å². The zero-order chi connectivity index (χ0) is 16.2. The standard InChI is InChI=1S/C17H20N4O2/c1-13-3-2-4-15(11-13)19-14-7-9-20(10-8-14)17-6-5-16(12-18-17)21(22)23/h2-6,11-12,14,19H,7-10H2,1H3. The molecule has 0 spiro atoms. The lowest BCUT2D eigenvalue weighted by atomic mass is 10.0. The number of aryl methyl sites for hydroxylation is 1. The highest BCUT2D eigenvalue weighted by molar-refractivity contribution is 5.47. The number of piperidine rings is 1. The van der Waals surface area contributed by atoms with Gasteiger partial charge in [-0.3, -0.25) is 10.1 Å². The second-order valence-corrected chi connectivity index (χ2v) is 5.91. The van der Waals surface area contributed by atoms with Crippen molar-refractivity contribution in [1.29, 1.82) is 0 Å². The van der Waals surface area contributed by atoms with Crippen molar-refractivity contribution in [2.24, 2.45) is 0 Å². The molecule has 23 heavy (non-hydrogen) atoms. The third-order valence-electron chi connectivity index (χ3n) is 4.15. The Morgan fingerprint density at radius 1 is 1.26 bits per heavy atom. The van der Waals surface area contributed by atoms with E-state index in [1.165, 1.54) is 17.8 Å². The van der Waals surface area contributed by atoms with Crippen molar-refractivity contribution in [2.45, 2.75) is 25.8 Å². The van der Waals surface area contributed by atoms with Gasteiger partial charge in [0.25, 0.3) is 5.69 Å². The van der Waals surface area contributed by atoms with Crippen LogP contribution in [0.1, 0.15) is 18.4 Å². The number of nitrogens with one attached hydrogen (secondary N) is 1. The van der Waals surface area contributed by atoms with Gasteiger partial charge >= 0.3 is 0 Å². The van der Waals surface area contributed by atoms with E-state index in [0.29, 0.717) is 6.04 Å². The number of nitrogens with zero attached hydrogens (tertiary/aromatic N) is 3. The van der Waals surface area contributed by atoms with E-state index in [1.807, 2.05) is 0 Å². The topological polar surface area (TPSA) is 71.3 Å². The third kappa shape index (κ3) is 3.77. The van der Waals surface area contributed by atoms with Crippen LogP contribution in [0.15, 0.2) is 42.6 Å². The second-order valence-electron chi connectivity index (χ2n) is 5.91. The fourth-order valence-electron chi connectivity index (χ4n) is 2.90. The van der Waals surface area contributed by atoms with Crippen LogP contribution in [0.5, 0.6) is 0 Å². The number of hydrogen-bond acceptors (Lipinski definition) is 5. The zero-order valence-corrected chi connectivity index (χ0v) is 13.1. The molecule has 1 N–H and O–H groups in total. The van der Waals surface area contributed by atoms with Gasteiger partial charge in [0.15, 0.2) is 0 Å². The molecule has 2 heterocycles. The van der Waals surface area contributed by atoms with Gasteiger partial charge in [0.1, 0.15) is 12.0 Å². The maximum absolute atomic E-state index is 10.7. The molecular formula is C17H20N4O2. The van der Waals surface area contributed by atoms with Gasteiger partial charge in [-0.15, -0.1) is 0 Å². The molecule has 1 fully saturated rings. The zero-order valence-electron chi connectivity index (χ0n) is 13.1. The average molecular weight is 312 g/mol. The Bertz CT molecular complexity index is 679. The van der Waals surface area contributed by atoms with Crippen LogP contribution in [-0.2, 0) is 0 Å². The summed E-state index contributed by atoms with van der Waals surface area (Å²) in [6.45, 7) is 3.89. The molecule has 0 atom stereocenters. The van der Waals surface area contributed by atoms with Gasteiger partial charge in [0.2, 0.25) is 0 Å². The minimum Gasteiger partial charge on any atom is -0.382 e. The van der Waals surface area contributed by atoms with Crippen LogP contribution in [0.4, 0.5) is 17.2 Å². The summed E-state index contributed by atoms with van der Waals surface area (Å²) in [6, 6.07) is 12.1. The van der Waals surface area contributed by atoms with E-state index in [9.17, 15) is 10.1 Å². The summed E-state index contributed by atoms with van der Waals surface area (Å²) in [5.41, 5.74) is 2.45. The average Bonchev–Trinajstić information content (AvgIpc) is 2.56. The number of hydrogen-bond donors (Lipinski definition) is 1. The summed E-state index contributed by atoms with van der Waals surface area (Å²) < 4.78 is 0. The van der Waals surface area contributed by atoms with Crippen LogP contribution in [0, 0.1) is 17.0 Å². The number of nitro groups is 1. The van der Waals surface area contributed by atoms with E-state index in [1.54, 1.807) is 6.07 Å². The van der Waals surface area contributed by atoms with E-state index < -0.39 is 4.92 Å². The summed E-state index contributed by atoms with van der Waals surface area (Å²) in [4.78, 5) is 16.6. The molecule has 0 radical (unpaired) electrons. The minimum atomic E-state index is -0.422. The van der Waals surface area contributed by atoms with Crippen molar-refractivity contribution in [3.63, 3.8) is 0 Å². The molecule has 3 rings (SSSR count). The number of anilines is 2. The first-order valence-electron chi connectivity index (χ1n) is 7.80. The largest absolute Gasteiger partial charge is 0.382 e. The molecule has 0 saturated carbocycles. The fraction of sp³-hybridized carbons (Fsp3) is 0.353. The lowest BCUT2D eigenvalue weighted by Crippen LogP contribution is -2.39. The summed E-state index contributed by atoms with van der Waals surface area (Å²) in [5, 5.41) is 14.3. The quantitative estimate of drug-likeness (QED) is 0.692. The molecule has 0 unspecified atom stereocenters. The van der Waals surface area contributed by atoms with Gasteiger partial charge in [-0.1, -0.05) is 12.1 Å². The highest BCUT2D eigenvalue weighted by Gasteiger charge is 2.20. The van der Waals surface area contributed by atoms with Gasteiger partial charge in [0.05, 0.1) is 4.92 Å². The summed E-state index contributed by atoms with van der Waals surface area (Å²) >= 11 is 0.